The molecule has 0 unspecified atom stereocenters. The van der Waals surface area contributed by atoms with Crippen molar-refractivity contribution >= 4 is 39.5 Å². The molecular weight excluding hydrogens is 386 g/mol. The molecular formula is C21H21N5O2S. The molecule has 0 atom stereocenters. The van der Waals surface area contributed by atoms with Gasteiger partial charge in [-0.15, -0.1) is 11.3 Å². The Kier molecular flexibility index (Phi) is 6.70. The highest BCUT2D eigenvalue weighted by molar-refractivity contribution is 7.14. The van der Waals surface area contributed by atoms with E-state index in [0.29, 0.717) is 23.2 Å². The number of hydrogen-bond donors (Lipinski definition) is 3. The number of rotatable bonds is 8. The van der Waals surface area contributed by atoms with Crippen molar-refractivity contribution in [2.75, 3.05) is 17.3 Å². The third-order valence-corrected chi connectivity index (χ3v) is 4.60. The van der Waals surface area contributed by atoms with Crippen molar-refractivity contribution in [3.05, 3.63) is 60.0 Å². The second-order valence-corrected chi connectivity index (χ2v) is 6.84. The van der Waals surface area contributed by atoms with Gasteiger partial charge >= 0.3 is 0 Å². The minimum atomic E-state index is -0.507. The van der Waals surface area contributed by atoms with Crippen LogP contribution in [0.15, 0.2) is 65.1 Å². The molecule has 0 saturated carbocycles. The number of amides is 1. The predicted molar refractivity (Wildman–Crippen MR) is 118 cm³/mol. The van der Waals surface area contributed by atoms with Crippen LogP contribution in [0.1, 0.15) is 13.8 Å². The maximum atomic E-state index is 12.6. The van der Waals surface area contributed by atoms with Crippen molar-refractivity contribution in [3.8, 4) is 17.0 Å². The van der Waals surface area contributed by atoms with Crippen LogP contribution in [-0.4, -0.2) is 28.9 Å². The summed E-state index contributed by atoms with van der Waals surface area (Å²) in [6.45, 7) is 3.90. The predicted octanol–water partition coefficient (Wildman–Crippen LogP) is 4.66. The van der Waals surface area contributed by atoms with Gasteiger partial charge in [-0.05, 0) is 26.0 Å². The molecule has 0 aliphatic carbocycles. The number of hydrogen-bond acceptors (Lipinski definition) is 7. The maximum absolute atomic E-state index is 12.6. The minimum Gasteiger partial charge on any atom is -0.492 e. The van der Waals surface area contributed by atoms with Gasteiger partial charge in [0.1, 0.15) is 5.75 Å². The van der Waals surface area contributed by atoms with Gasteiger partial charge in [-0.25, -0.2) is 4.98 Å². The number of carbonyl (C=O) groups is 1. The van der Waals surface area contributed by atoms with E-state index in [-0.39, 0.29) is 11.4 Å². The summed E-state index contributed by atoms with van der Waals surface area (Å²) in [5.74, 6) is 0.112. The molecule has 7 nitrogen and oxygen atoms in total. The molecule has 0 fully saturated rings. The Morgan fingerprint density at radius 1 is 1.17 bits per heavy atom. The fourth-order valence-electron chi connectivity index (χ4n) is 2.49. The molecule has 0 bridgehead atoms. The summed E-state index contributed by atoms with van der Waals surface area (Å²) in [6.07, 6.45) is 0. The van der Waals surface area contributed by atoms with Crippen LogP contribution < -0.4 is 15.5 Å². The van der Waals surface area contributed by atoms with Crippen LogP contribution in [0.4, 0.5) is 10.8 Å². The van der Waals surface area contributed by atoms with Crippen LogP contribution in [0, 0.1) is 5.41 Å². The number of ether oxygens (including phenoxy) is 1. The summed E-state index contributed by atoms with van der Waals surface area (Å²) in [6, 6.07) is 17.0. The van der Waals surface area contributed by atoms with Crippen molar-refractivity contribution in [2.45, 2.75) is 13.8 Å². The smallest absolute Gasteiger partial charge is 0.279 e. The van der Waals surface area contributed by atoms with Crippen LogP contribution in [0.2, 0.25) is 0 Å². The van der Waals surface area contributed by atoms with Crippen molar-refractivity contribution in [1.29, 1.82) is 5.41 Å². The van der Waals surface area contributed by atoms with E-state index in [0.717, 1.165) is 11.3 Å². The van der Waals surface area contributed by atoms with Crippen LogP contribution in [-0.2, 0) is 4.79 Å². The third kappa shape index (κ3) is 5.26. The number of carbonyl (C=O) groups excluding carboxylic acids is 1. The zero-order valence-electron chi connectivity index (χ0n) is 16.1. The van der Waals surface area contributed by atoms with Crippen LogP contribution in [0.25, 0.3) is 11.3 Å². The van der Waals surface area contributed by atoms with Crippen molar-refractivity contribution in [3.63, 3.8) is 0 Å². The number of aromatic nitrogens is 1. The van der Waals surface area contributed by atoms with Gasteiger partial charge in [0, 0.05) is 10.9 Å². The quantitative estimate of drug-likeness (QED) is 0.374. The lowest BCUT2D eigenvalue weighted by Crippen LogP contribution is -2.29. The van der Waals surface area contributed by atoms with Crippen LogP contribution >= 0.6 is 11.3 Å². The van der Waals surface area contributed by atoms with Gasteiger partial charge in [-0.1, -0.05) is 42.5 Å². The SMILES string of the molecule is CCOc1ccccc1N/N=C(\C(C)=N)C(=O)Nc1nc(-c2ccccc2)cs1. The summed E-state index contributed by atoms with van der Waals surface area (Å²) >= 11 is 1.32. The molecule has 0 saturated heterocycles. The van der Waals surface area contributed by atoms with E-state index in [1.165, 1.54) is 18.3 Å². The molecule has 29 heavy (non-hydrogen) atoms. The lowest BCUT2D eigenvalue weighted by molar-refractivity contribution is -0.110. The van der Waals surface area contributed by atoms with Gasteiger partial charge in [-0.3, -0.25) is 15.5 Å². The molecule has 148 valence electrons. The highest BCUT2D eigenvalue weighted by Gasteiger charge is 2.17. The number of nitrogens with zero attached hydrogens (tertiary/aromatic N) is 2. The Balaban J connectivity index is 1.74. The average molecular weight is 407 g/mol. The number of para-hydroxylation sites is 2. The second kappa shape index (κ2) is 9.61. The summed E-state index contributed by atoms with van der Waals surface area (Å²) < 4.78 is 5.54. The van der Waals surface area contributed by atoms with Gasteiger partial charge in [0.25, 0.3) is 5.91 Å². The molecule has 3 aromatic rings. The van der Waals surface area contributed by atoms with E-state index in [1.54, 1.807) is 12.1 Å². The molecule has 1 amide bonds. The summed E-state index contributed by atoms with van der Waals surface area (Å²) in [5.41, 5.74) is 5.18. The Morgan fingerprint density at radius 2 is 1.90 bits per heavy atom. The number of hydrazone groups is 1. The van der Waals surface area contributed by atoms with Crippen LogP contribution in [0.5, 0.6) is 5.75 Å². The molecule has 0 aliphatic rings. The zero-order valence-corrected chi connectivity index (χ0v) is 16.9. The van der Waals surface area contributed by atoms with Gasteiger partial charge in [0.15, 0.2) is 10.8 Å². The van der Waals surface area contributed by atoms with E-state index in [2.05, 4.69) is 20.8 Å². The highest BCUT2D eigenvalue weighted by atomic mass is 32.1. The van der Waals surface area contributed by atoms with Gasteiger partial charge in [0.05, 0.1) is 23.7 Å². The Bertz CT molecular complexity index is 1030. The zero-order chi connectivity index (χ0) is 20.6. The molecule has 0 aliphatic heterocycles. The van der Waals surface area contributed by atoms with E-state index >= 15 is 0 Å². The number of benzene rings is 2. The monoisotopic (exact) mass is 407 g/mol. The minimum absolute atomic E-state index is 0.0312. The molecule has 1 aromatic heterocycles. The first-order valence-electron chi connectivity index (χ1n) is 9.01. The van der Waals surface area contributed by atoms with E-state index in [4.69, 9.17) is 10.1 Å². The third-order valence-electron chi connectivity index (χ3n) is 3.84. The van der Waals surface area contributed by atoms with E-state index < -0.39 is 5.91 Å². The Hall–Kier alpha value is -3.52. The summed E-state index contributed by atoms with van der Waals surface area (Å²) in [4.78, 5) is 17.1. The second-order valence-electron chi connectivity index (χ2n) is 5.98. The van der Waals surface area contributed by atoms with Gasteiger partial charge in [0.2, 0.25) is 0 Å². The molecule has 3 N–H and O–H groups in total. The molecule has 1 heterocycles. The average Bonchev–Trinajstić information content (AvgIpc) is 3.18. The maximum Gasteiger partial charge on any atom is 0.279 e. The van der Waals surface area contributed by atoms with Gasteiger partial charge in [-0.2, -0.15) is 5.10 Å². The largest absolute Gasteiger partial charge is 0.492 e. The van der Waals surface area contributed by atoms with Crippen molar-refractivity contribution < 1.29 is 9.53 Å². The lowest BCUT2D eigenvalue weighted by Gasteiger charge is -2.10. The molecule has 0 radical (unpaired) electrons. The molecule has 0 spiro atoms. The molecule has 8 heteroatoms. The van der Waals surface area contributed by atoms with Gasteiger partial charge < -0.3 is 10.1 Å². The first-order valence-corrected chi connectivity index (χ1v) is 9.89. The molecule has 3 rings (SSSR count). The van der Waals surface area contributed by atoms with Crippen molar-refractivity contribution in [1.82, 2.24) is 4.98 Å². The topological polar surface area (TPSA) is 99.5 Å². The normalized spacial score (nSPS) is 11.0. The highest BCUT2D eigenvalue weighted by Crippen LogP contribution is 2.25. The van der Waals surface area contributed by atoms with E-state index in [9.17, 15) is 4.79 Å². The fourth-order valence-corrected chi connectivity index (χ4v) is 3.21. The summed E-state index contributed by atoms with van der Waals surface area (Å²) in [7, 11) is 0. The van der Waals surface area contributed by atoms with E-state index in [1.807, 2.05) is 54.8 Å². The number of nitrogens with one attached hydrogen (secondary N) is 3. The molecule has 2 aromatic carbocycles. The fraction of sp³-hybridized carbons (Fsp3) is 0.143. The standard InChI is InChI=1S/C21H21N5O2S/c1-3-28-18-12-8-7-11-16(18)25-26-19(14(2)22)20(27)24-21-23-17(13-29-21)15-9-5-4-6-10-15/h4-13,22,25H,3H2,1-2H3,(H,23,24,27)/b22-14?,26-19+. The number of anilines is 2. The number of thiazole rings is 1. The Morgan fingerprint density at radius 3 is 2.62 bits per heavy atom. The lowest BCUT2D eigenvalue weighted by atomic mass is 10.2. The van der Waals surface area contributed by atoms with Crippen LogP contribution in [0.3, 0.4) is 0 Å². The summed E-state index contributed by atoms with van der Waals surface area (Å²) in [5, 5.41) is 17.1. The Labute approximate surface area is 173 Å². The van der Waals surface area contributed by atoms with Crippen molar-refractivity contribution in [2.24, 2.45) is 5.10 Å². The first kappa shape index (κ1) is 20.2. The first-order chi connectivity index (χ1) is 14.1.